The van der Waals surface area contributed by atoms with Gasteiger partial charge in [0.1, 0.15) is 6.04 Å². The van der Waals surface area contributed by atoms with Gasteiger partial charge in [0, 0.05) is 24.4 Å². The van der Waals surface area contributed by atoms with Crippen molar-refractivity contribution in [2.24, 2.45) is 11.8 Å². The molecule has 0 aliphatic carbocycles. The highest BCUT2D eigenvalue weighted by Gasteiger charge is 2.74. The number of rotatable bonds is 11. The fourth-order valence-electron chi connectivity index (χ4n) is 5.40. The number of nitrogens with zero attached hydrogens (tertiary/aromatic N) is 2. The fourth-order valence-corrected chi connectivity index (χ4v) is 7.60. The van der Waals surface area contributed by atoms with Crippen LogP contribution in [0.1, 0.15) is 39.5 Å². The minimum Gasteiger partial charge on any atom is -0.465 e. The SMILES string of the molecule is C=CCCCOC(=O)[C@@H]1[C@@H]2CCC3(S2)C(C(=O)N(CC=C)C(C)C)N(CCO)C(=O)[C@H]13. The van der Waals surface area contributed by atoms with Gasteiger partial charge in [0.2, 0.25) is 11.8 Å². The summed E-state index contributed by atoms with van der Waals surface area (Å²) in [5, 5.41) is 9.61. The Hall–Kier alpha value is -1.80. The van der Waals surface area contributed by atoms with Gasteiger partial charge in [-0.2, -0.15) is 0 Å². The predicted molar refractivity (Wildman–Crippen MR) is 120 cm³/mol. The Morgan fingerprint density at radius 3 is 2.74 bits per heavy atom. The third-order valence-corrected chi connectivity index (χ3v) is 8.63. The van der Waals surface area contributed by atoms with Gasteiger partial charge in [0.15, 0.2) is 0 Å². The smallest absolute Gasteiger partial charge is 0.310 e. The Morgan fingerprint density at radius 2 is 2.13 bits per heavy atom. The van der Waals surface area contributed by atoms with E-state index in [2.05, 4.69) is 13.2 Å². The first-order chi connectivity index (χ1) is 14.8. The van der Waals surface area contributed by atoms with Gasteiger partial charge in [0.05, 0.1) is 29.8 Å². The minimum absolute atomic E-state index is 0.0145. The van der Waals surface area contributed by atoms with E-state index in [9.17, 15) is 19.5 Å². The van der Waals surface area contributed by atoms with Crippen LogP contribution in [0.5, 0.6) is 0 Å². The number of β-amino-alcohol motifs (C(OH)–C–C–N with tert-alkyl or cyclic N) is 1. The molecule has 3 fully saturated rings. The second kappa shape index (κ2) is 9.77. The lowest BCUT2D eigenvalue weighted by molar-refractivity contribution is -0.154. The van der Waals surface area contributed by atoms with Crippen LogP contribution in [0.2, 0.25) is 0 Å². The second-order valence-electron chi connectivity index (χ2n) is 8.78. The summed E-state index contributed by atoms with van der Waals surface area (Å²) in [6.07, 6.45) is 6.41. The van der Waals surface area contributed by atoms with E-state index in [-0.39, 0.29) is 42.2 Å². The Balaban J connectivity index is 1.91. The molecule has 31 heavy (non-hydrogen) atoms. The number of carbonyl (C=O) groups is 3. The highest BCUT2D eigenvalue weighted by atomic mass is 32.2. The topological polar surface area (TPSA) is 87.2 Å². The number of aliphatic hydroxyl groups excluding tert-OH is 1. The fraction of sp³-hybridized carbons (Fsp3) is 0.696. The predicted octanol–water partition coefficient (Wildman–Crippen LogP) is 2.00. The van der Waals surface area contributed by atoms with Crippen LogP contribution in [0.25, 0.3) is 0 Å². The first-order valence-electron chi connectivity index (χ1n) is 11.1. The molecule has 2 amide bonds. The van der Waals surface area contributed by atoms with Crippen molar-refractivity contribution in [1.29, 1.82) is 0 Å². The number of aliphatic hydroxyl groups is 1. The lowest BCUT2D eigenvalue weighted by atomic mass is 9.71. The maximum atomic E-state index is 13.7. The summed E-state index contributed by atoms with van der Waals surface area (Å²) in [4.78, 5) is 43.4. The normalized spacial score (nSPS) is 31.1. The molecule has 0 aromatic heterocycles. The maximum absolute atomic E-state index is 13.7. The number of esters is 1. The van der Waals surface area contributed by atoms with Crippen LogP contribution in [-0.4, -0.2) is 81.1 Å². The van der Waals surface area contributed by atoms with Gasteiger partial charge in [-0.25, -0.2) is 0 Å². The van der Waals surface area contributed by atoms with Crippen LogP contribution < -0.4 is 0 Å². The molecule has 0 aromatic carbocycles. The van der Waals surface area contributed by atoms with E-state index < -0.39 is 22.6 Å². The summed E-state index contributed by atoms with van der Waals surface area (Å²) in [6, 6.07) is -0.741. The Labute approximate surface area is 188 Å². The first kappa shape index (κ1) is 23.9. The molecule has 3 aliphatic rings. The van der Waals surface area contributed by atoms with Crippen LogP contribution in [-0.2, 0) is 19.1 Å². The molecule has 0 saturated carbocycles. The Bertz CT molecular complexity index is 741. The molecule has 7 nitrogen and oxygen atoms in total. The molecule has 2 bridgehead atoms. The van der Waals surface area contributed by atoms with Crippen molar-refractivity contribution < 1.29 is 24.2 Å². The number of likely N-dealkylation sites (tertiary alicyclic amines) is 1. The zero-order valence-corrected chi connectivity index (χ0v) is 19.3. The average molecular weight is 451 g/mol. The van der Waals surface area contributed by atoms with E-state index in [1.54, 1.807) is 28.8 Å². The van der Waals surface area contributed by atoms with Crippen LogP contribution in [0, 0.1) is 11.8 Å². The lowest BCUT2D eigenvalue weighted by Crippen LogP contribution is -2.56. The van der Waals surface area contributed by atoms with Gasteiger partial charge in [-0.1, -0.05) is 12.2 Å². The van der Waals surface area contributed by atoms with Gasteiger partial charge in [0.25, 0.3) is 0 Å². The monoisotopic (exact) mass is 450 g/mol. The van der Waals surface area contributed by atoms with Gasteiger partial charge in [-0.05, 0) is 39.5 Å². The van der Waals surface area contributed by atoms with Crippen LogP contribution in [0.3, 0.4) is 0 Å². The Morgan fingerprint density at radius 1 is 1.39 bits per heavy atom. The number of thioether (sulfide) groups is 1. The van der Waals surface area contributed by atoms with E-state index in [0.29, 0.717) is 26.0 Å². The third-order valence-electron chi connectivity index (χ3n) is 6.68. The molecule has 0 radical (unpaired) electrons. The molecule has 5 atom stereocenters. The van der Waals surface area contributed by atoms with Crippen LogP contribution >= 0.6 is 11.8 Å². The van der Waals surface area contributed by atoms with Crippen molar-refractivity contribution in [1.82, 2.24) is 9.80 Å². The largest absolute Gasteiger partial charge is 0.465 e. The van der Waals surface area contributed by atoms with Gasteiger partial charge >= 0.3 is 5.97 Å². The molecule has 3 aliphatic heterocycles. The molecule has 1 spiro atoms. The molecule has 8 heteroatoms. The first-order valence-corrected chi connectivity index (χ1v) is 12.0. The number of carbonyl (C=O) groups excluding carboxylic acids is 3. The molecule has 0 aromatic rings. The molecule has 1 N–H and O–H groups in total. The summed E-state index contributed by atoms with van der Waals surface area (Å²) >= 11 is 1.61. The van der Waals surface area contributed by atoms with E-state index in [4.69, 9.17) is 4.74 Å². The van der Waals surface area contributed by atoms with E-state index >= 15 is 0 Å². The molecule has 3 heterocycles. The number of amides is 2. The number of allylic oxidation sites excluding steroid dienone is 1. The zero-order valence-electron chi connectivity index (χ0n) is 18.5. The summed E-state index contributed by atoms with van der Waals surface area (Å²) in [7, 11) is 0. The van der Waals surface area contributed by atoms with E-state index in [1.807, 2.05) is 13.8 Å². The number of hydrogen-bond donors (Lipinski definition) is 1. The summed E-state index contributed by atoms with van der Waals surface area (Å²) in [6.45, 7) is 11.9. The average Bonchev–Trinajstić information content (AvgIpc) is 3.37. The number of fused-ring (bicyclic) bond motifs is 1. The summed E-state index contributed by atoms with van der Waals surface area (Å²) in [5.74, 6) is -1.81. The summed E-state index contributed by atoms with van der Waals surface area (Å²) in [5.41, 5.74) is 0. The highest BCUT2D eigenvalue weighted by molar-refractivity contribution is 8.02. The maximum Gasteiger partial charge on any atom is 0.310 e. The highest BCUT2D eigenvalue weighted by Crippen LogP contribution is 2.66. The van der Waals surface area contributed by atoms with Gasteiger partial charge in [-0.3, -0.25) is 14.4 Å². The van der Waals surface area contributed by atoms with Crippen LogP contribution in [0.4, 0.5) is 0 Å². The van der Waals surface area contributed by atoms with Crippen molar-refractivity contribution in [2.45, 2.75) is 61.6 Å². The van der Waals surface area contributed by atoms with Crippen molar-refractivity contribution in [3.05, 3.63) is 25.3 Å². The van der Waals surface area contributed by atoms with E-state index in [1.165, 1.54) is 4.90 Å². The lowest BCUT2D eigenvalue weighted by Gasteiger charge is -2.38. The van der Waals surface area contributed by atoms with Crippen molar-refractivity contribution >= 4 is 29.5 Å². The molecule has 2 unspecified atom stereocenters. The third kappa shape index (κ3) is 4.04. The second-order valence-corrected chi connectivity index (χ2v) is 10.4. The summed E-state index contributed by atoms with van der Waals surface area (Å²) < 4.78 is 4.87. The molecular formula is C23H34N2O5S. The van der Waals surface area contributed by atoms with Gasteiger partial charge in [-0.15, -0.1) is 24.9 Å². The number of unbranched alkanes of at least 4 members (excludes halogenated alkanes) is 1. The van der Waals surface area contributed by atoms with Crippen molar-refractivity contribution in [3.63, 3.8) is 0 Å². The standard InChI is InChI=1S/C23H34N2O5S/c1-5-7-8-14-30-22(29)17-16-9-10-23(31-16)18(17)20(27)25(12-13-26)19(23)21(28)24(11-6-2)15(3)4/h5-6,15-19,26H,1-2,7-14H2,3-4H3/t16-,17+,18-,19?,23?/m0/s1. The molecule has 172 valence electrons. The molecule has 3 rings (SSSR count). The Kier molecular flexibility index (Phi) is 7.52. The molecule has 3 saturated heterocycles. The molecular weight excluding hydrogens is 416 g/mol. The zero-order chi connectivity index (χ0) is 22.8. The number of hydrogen-bond acceptors (Lipinski definition) is 6. The van der Waals surface area contributed by atoms with Crippen molar-refractivity contribution in [3.8, 4) is 0 Å². The number of ether oxygens (including phenoxy) is 1. The minimum atomic E-state index is -0.687. The van der Waals surface area contributed by atoms with Crippen LogP contribution in [0.15, 0.2) is 25.3 Å². The van der Waals surface area contributed by atoms with Gasteiger partial charge < -0.3 is 19.6 Å². The van der Waals surface area contributed by atoms with Crippen molar-refractivity contribution in [2.75, 3.05) is 26.3 Å². The quantitative estimate of drug-likeness (QED) is 0.294. The van der Waals surface area contributed by atoms with E-state index in [0.717, 1.165) is 12.8 Å².